The van der Waals surface area contributed by atoms with Crippen LogP contribution in [0.15, 0.2) is 48.5 Å². The van der Waals surface area contributed by atoms with Crippen LogP contribution in [0.25, 0.3) is 0 Å². The maximum Gasteiger partial charge on any atom is 0.231 e. The smallest absolute Gasteiger partial charge is 0.231 e. The molecule has 0 saturated heterocycles. The fraction of sp³-hybridized carbons (Fsp3) is 0.364. The Balaban J connectivity index is 1.34. The molecule has 1 aliphatic carbocycles. The first kappa shape index (κ1) is 17.6. The number of ether oxygens (including phenoxy) is 1. The van der Waals surface area contributed by atoms with Crippen molar-refractivity contribution in [3.8, 4) is 5.75 Å². The van der Waals surface area contributed by atoms with Gasteiger partial charge in [0.2, 0.25) is 11.8 Å². The molecule has 140 valence electrons. The molecule has 3 atom stereocenters. The molecular weight excluding hydrogens is 340 g/mol. The minimum atomic E-state index is -0.212. The zero-order chi connectivity index (χ0) is 19.0. The van der Waals surface area contributed by atoms with Crippen LogP contribution in [-0.2, 0) is 22.6 Å². The lowest BCUT2D eigenvalue weighted by Gasteiger charge is -2.23. The SMILES string of the molecule is COc1ccc(CNC(=O)C2CC2C(=O)N2c3ccccc3CC2C)cc1. The molecule has 0 bridgehead atoms. The van der Waals surface area contributed by atoms with E-state index in [9.17, 15) is 9.59 Å². The second-order valence-electron chi connectivity index (χ2n) is 7.40. The van der Waals surface area contributed by atoms with Gasteiger partial charge in [-0.05, 0) is 49.1 Å². The van der Waals surface area contributed by atoms with Gasteiger partial charge in [-0.1, -0.05) is 30.3 Å². The fourth-order valence-corrected chi connectivity index (χ4v) is 3.90. The summed E-state index contributed by atoms with van der Waals surface area (Å²) in [6.07, 6.45) is 1.52. The summed E-state index contributed by atoms with van der Waals surface area (Å²) < 4.78 is 5.14. The van der Waals surface area contributed by atoms with Crippen LogP contribution in [-0.4, -0.2) is 25.0 Å². The molecule has 4 rings (SSSR count). The molecule has 1 aliphatic heterocycles. The number of hydrogen-bond donors (Lipinski definition) is 1. The zero-order valence-corrected chi connectivity index (χ0v) is 15.6. The van der Waals surface area contributed by atoms with E-state index >= 15 is 0 Å². The predicted octanol–water partition coefficient (Wildman–Crippen LogP) is 2.93. The Hall–Kier alpha value is -2.82. The van der Waals surface area contributed by atoms with Gasteiger partial charge < -0.3 is 15.0 Å². The van der Waals surface area contributed by atoms with E-state index in [2.05, 4.69) is 18.3 Å². The van der Waals surface area contributed by atoms with Crippen molar-refractivity contribution in [3.63, 3.8) is 0 Å². The average Bonchev–Trinajstić information content (AvgIpc) is 3.42. The highest BCUT2D eigenvalue weighted by atomic mass is 16.5. The summed E-state index contributed by atoms with van der Waals surface area (Å²) >= 11 is 0. The molecule has 0 radical (unpaired) electrons. The lowest BCUT2D eigenvalue weighted by atomic mass is 10.1. The number of para-hydroxylation sites is 1. The molecule has 0 spiro atoms. The quantitative estimate of drug-likeness (QED) is 0.887. The van der Waals surface area contributed by atoms with Gasteiger partial charge in [-0.3, -0.25) is 9.59 Å². The number of rotatable bonds is 5. The molecule has 1 saturated carbocycles. The van der Waals surface area contributed by atoms with Crippen molar-refractivity contribution in [3.05, 3.63) is 59.7 Å². The summed E-state index contributed by atoms with van der Waals surface area (Å²) in [5.41, 5.74) is 3.22. The third-order valence-corrected chi connectivity index (χ3v) is 5.51. The second kappa shape index (κ2) is 7.06. The van der Waals surface area contributed by atoms with E-state index in [-0.39, 0.29) is 29.7 Å². The Morgan fingerprint density at radius 2 is 1.85 bits per heavy atom. The maximum absolute atomic E-state index is 13.0. The number of nitrogens with one attached hydrogen (secondary N) is 1. The van der Waals surface area contributed by atoms with Crippen molar-refractivity contribution in [2.45, 2.75) is 32.4 Å². The molecule has 2 aromatic carbocycles. The van der Waals surface area contributed by atoms with Crippen molar-refractivity contribution >= 4 is 17.5 Å². The first-order chi connectivity index (χ1) is 13.1. The van der Waals surface area contributed by atoms with Gasteiger partial charge in [-0.15, -0.1) is 0 Å². The maximum atomic E-state index is 13.0. The van der Waals surface area contributed by atoms with Gasteiger partial charge in [0.25, 0.3) is 0 Å². The Morgan fingerprint density at radius 1 is 1.11 bits per heavy atom. The molecule has 3 unspecified atom stereocenters. The van der Waals surface area contributed by atoms with E-state index in [1.807, 2.05) is 47.4 Å². The highest BCUT2D eigenvalue weighted by Gasteiger charge is 2.51. The van der Waals surface area contributed by atoms with Crippen LogP contribution in [0.3, 0.4) is 0 Å². The van der Waals surface area contributed by atoms with Crippen LogP contribution in [0, 0.1) is 11.8 Å². The third-order valence-electron chi connectivity index (χ3n) is 5.51. The van der Waals surface area contributed by atoms with Gasteiger partial charge in [0.1, 0.15) is 5.75 Å². The summed E-state index contributed by atoms with van der Waals surface area (Å²) in [6.45, 7) is 2.53. The number of carbonyl (C=O) groups excluding carboxylic acids is 2. The van der Waals surface area contributed by atoms with Crippen LogP contribution in [0.5, 0.6) is 5.75 Å². The molecule has 1 N–H and O–H groups in total. The van der Waals surface area contributed by atoms with Crippen LogP contribution >= 0.6 is 0 Å². The van der Waals surface area contributed by atoms with Gasteiger partial charge in [0.15, 0.2) is 0 Å². The Kier molecular flexibility index (Phi) is 4.60. The number of nitrogens with zero attached hydrogens (tertiary/aromatic N) is 1. The third kappa shape index (κ3) is 3.42. The molecule has 2 amide bonds. The summed E-state index contributed by atoms with van der Waals surface area (Å²) in [5.74, 6) is 0.421. The predicted molar refractivity (Wildman–Crippen MR) is 104 cm³/mol. The normalized spacial score (nSPS) is 22.9. The minimum Gasteiger partial charge on any atom is -0.497 e. The zero-order valence-electron chi connectivity index (χ0n) is 15.6. The average molecular weight is 364 g/mol. The topological polar surface area (TPSA) is 58.6 Å². The number of methoxy groups -OCH3 is 1. The van der Waals surface area contributed by atoms with E-state index < -0.39 is 0 Å². The molecular formula is C22H24N2O3. The number of anilines is 1. The molecule has 1 fully saturated rings. The Labute approximate surface area is 159 Å². The van der Waals surface area contributed by atoms with Gasteiger partial charge in [-0.25, -0.2) is 0 Å². The van der Waals surface area contributed by atoms with Crippen LogP contribution in [0.4, 0.5) is 5.69 Å². The highest BCUT2D eigenvalue weighted by Crippen LogP contribution is 2.43. The summed E-state index contributed by atoms with van der Waals surface area (Å²) in [7, 11) is 1.63. The molecule has 2 aliphatic rings. The summed E-state index contributed by atoms with van der Waals surface area (Å²) in [4.78, 5) is 27.3. The molecule has 5 heteroatoms. The van der Waals surface area contributed by atoms with Crippen LogP contribution in [0.2, 0.25) is 0 Å². The second-order valence-corrected chi connectivity index (χ2v) is 7.40. The standard InChI is InChI=1S/C22H24N2O3/c1-14-11-16-5-3-4-6-20(16)24(14)22(26)19-12-18(19)21(25)23-13-15-7-9-17(27-2)10-8-15/h3-10,14,18-19H,11-13H2,1-2H3,(H,23,25). The van der Waals surface area contributed by atoms with Gasteiger partial charge in [-0.2, -0.15) is 0 Å². The number of amides is 2. The van der Waals surface area contributed by atoms with Crippen molar-refractivity contribution in [1.29, 1.82) is 0 Å². The molecule has 1 heterocycles. The molecule has 5 nitrogen and oxygen atoms in total. The van der Waals surface area contributed by atoms with E-state index in [1.54, 1.807) is 7.11 Å². The lowest BCUT2D eigenvalue weighted by molar-refractivity contribution is -0.126. The molecule has 27 heavy (non-hydrogen) atoms. The first-order valence-corrected chi connectivity index (χ1v) is 9.40. The minimum absolute atomic E-state index is 0.0377. The number of benzene rings is 2. The van der Waals surface area contributed by atoms with Crippen molar-refractivity contribution in [2.75, 3.05) is 12.0 Å². The molecule has 0 aromatic heterocycles. The van der Waals surface area contributed by atoms with Crippen molar-refractivity contribution < 1.29 is 14.3 Å². The Morgan fingerprint density at radius 3 is 2.59 bits per heavy atom. The summed E-state index contributed by atoms with van der Waals surface area (Å²) in [5, 5.41) is 2.95. The van der Waals surface area contributed by atoms with E-state index in [1.165, 1.54) is 5.56 Å². The number of carbonyl (C=O) groups is 2. The molecule has 2 aromatic rings. The number of hydrogen-bond acceptors (Lipinski definition) is 3. The van der Waals surface area contributed by atoms with Gasteiger partial charge in [0, 0.05) is 18.3 Å². The monoisotopic (exact) mass is 364 g/mol. The summed E-state index contributed by atoms with van der Waals surface area (Å²) in [6, 6.07) is 15.8. The van der Waals surface area contributed by atoms with Crippen LogP contribution < -0.4 is 15.0 Å². The Bertz CT molecular complexity index is 862. The van der Waals surface area contributed by atoms with Crippen LogP contribution in [0.1, 0.15) is 24.5 Å². The van der Waals surface area contributed by atoms with Gasteiger partial charge >= 0.3 is 0 Å². The van der Waals surface area contributed by atoms with E-state index in [0.717, 1.165) is 23.4 Å². The van der Waals surface area contributed by atoms with Crippen molar-refractivity contribution in [1.82, 2.24) is 5.32 Å². The van der Waals surface area contributed by atoms with Crippen molar-refractivity contribution in [2.24, 2.45) is 11.8 Å². The highest BCUT2D eigenvalue weighted by molar-refractivity contribution is 6.02. The first-order valence-electron chi connectivity index (χ1n) is 9.40. The van der Waals surface area contributed by atoms with E-state index in [4.69, 9.17) is 4.74 Å². The fourth-order valence-electron chi connectivity index (χ4n) is 3.90. The van der Waals surface area contributed by atoms with E-state index in [0.29, 0.717) is 13.0 Å². The largest absolute Gasteiger partial charge is 0.497 e. The lowest BCUT2D eigenvalue weighted by Crippen LogP contribution is -2.38. The number of fused-ring (bicyclic) bond motifs is 1. The van der Waals surface area contributed by atoms with Gasteiger partial charge in [0.05, 0.1) is 18.9 Å².